The topological polar surface area (TPSA) is 47.6 Å². The van der Waals surface area contributed by atoms with E-state index in [1.165, 1.54) is 48.5 Å². The van der Waals surface area contributed by atoms with Gasteiger partial charge in [-0.3, -0.25) is 0 Å². The summed E-state index contributed by atoms with van der Waals surface area (Å²) < 4.78 is 88.1. The quantitative estimate of drug-likeness (QED) is 0.172. The van der Waals surface area contributed by atoms with Gasteiger partial charge in [0.2, 0.25) is 0 Å². The van der Waals surface area contributed by atoms with Crippen LogP contribution in [0.3, 0.4) is 0 Å². The number of halogens is 6. The van der Waals surface area contributed by atoms with E-state index >= 15 is 17.6 Å². The molecule has 0 N–H and O–H groups in total. The van der Waals surface area contributed by atoms with Gasteiger partial charge in [-0.2, -0.15) is 10.5 Å². The maximum atomic E-state index is 15.0. The first-order valence-corrected chi connectivity index (χ1v) is 14.2. The molecule has 0 heterocycles. The van der Waals surface area contributed by atoms with Gasteiger partial charge < -0.3 is 0 Å². The van der Waals surface area contributed by atoms with Crippen LogP contribution in [-0.2, 0) is 6.42 Å². The maximum Gasteiger partial charge on any atom is 0.141 e. The van der Waals surface area contributed by atoms with Crippen molar-refractivity contribution in [1.82, 2.24) is 0 Å². The first kappa shape index (κ1) is 30.9. The maximum absolute atomic E-state index is 15.0. The number of nitriles is 2. The molecule has 0 unspecified atom stereocenters. The Morgan fingerprint density at radius 3 is 0.957 bits per heavy atom. The van der Waals surface area contributed by atoms with Gasteiger partial charge in [-0.15, -0.1) is 0 Å². The van der Waals surface area contributed by atoms with E-state index in [1.54, 1.807) is 36.4 Å². The third kappa shape index (κ3) is 6.22. The Balaban J connectivity index is 1.17. The van der Waals surface area contributed by atoms with Crippen molar-refractivity contribution in [3.63, 3.8) is 0 Å². The van der Waals surface area contributed by atoms with Crippen LogP contribution in [0.4, 0.5) is 26.3 Å². The first-order valence-electron chi connectivity index (χ1n) is 14.2. The van der Waals surface area contributed by atoms with Crippen LogP contribution in [0.25, 0.3) is 44.5 Å². The molecule has 0 bridgehead atoms. The monoisotopic (exact) mass is 630 g/mol. The predicted octanol–water partition coefficient (Wildman–Crippen LogP) is 10.5. The molecular formula is C39H20F6N2. The minimum absolute atomic E-state index is 0.0171. The number of nitrogens with zero attached hydrogens (tertiary/aromatic N) is 2. The van der Waals surface area contributed by atoms with Crippen molar-refractivity contribution in [3.05, 3.63) is 166 Å². The zero-order chi connectivity index (χ0) is 33.2. The largest absolute Gasteiger partial charge is 0.206 e. The molecule has 0 amide bonds. The van der Waals surface area contributed by atoms with Gasteiger partial charge in [0.05, 0.1) is 22.3 Å². The van der Waals surface area contributed by atoms with Gasteiger partial charge >= 0.3 is 0 Å². The van der Waals surface area contributed by atoms with Crippen LogP contribution in [0, 0.1) is 57.6 Å². The molecule has 2 nitrogen and oxygen atoms in total. The van der Waals surface area contributed by atoms with Gasteiger partial charge in [-0.25, -0.2) is 26.3 Å². The summed E-state index contributed by atoms with van der Waals surface area (Å²) in [5.74, 6) is -5.21. The van der Waals surface area contributed by atoms with Crippen molar-refractivity contribution in [2.45, 2.75) is 6.42 Å². The number of benzene rings is 6. The van der Waals surface area contributed by atoms with Crippen LogP contribution in [0.2, 0.25) is 0 Å². The second-order valence-corrected chi connectivity index (χ2v) is 10.8. The molecule has 0 saturated heterocycles. The number of rotatable bonds is 6. The van der Waals surface area contributed by atoms with Crippen molar-refractivity contribution in [2.24, 2.45) is 0 Å². The highest BCUT2D eigenvalue weighted by Crippen LogP contribution is 2.34. The molecule has 8 heteroatoms. The number of hydrogen-bond acceptors (Lipinski definition) is 2. The van der Waals surface area contributed by atoms with Crippen LogP contribution in [0.5, 0.6) is 0 Å². The lowest BCUT2D eigenvalue weighted by Crippen LogP contribution is -1.95. The standard InChI is InChI=1S/C39H20F6N2/c40-32-14-26(9-11-28(32)20-46)38-34(42)16-30(17-35(38)43)24-5-1-22(2-6-24)13-23-3-7-25(8-4-23)31-18-36(44)39(37(45)19-31)27-10-12-29(21-47)33(41)15-27/h1-12,14-19H,13H2. The lowest BCUT2D eigenvalue weighted by atomic mass is 9.95. The summed E-state index contributed by atoms with van der Waals surface area (Å²) in [5, 5.41) is 17.8. The molecule has 0 saturated carbocycles. The highest BCUT2D eigenvalue weighted by atomic mass is 19.2. The van der Waals surface area contributed by atoms with Gasteiger partial charge in [-0.05, 0) is 99.5 Å². The van der Waals surface area contributed by atoms with Gasteiger partial charge in [0.1, 0.15) is 47.0 Å². The summed E-state index contributed by atoms with van der Waals surface area (Å²) in [6, 6.07) is 29.0. The average molecular weight is 631 g/mol. The molecule has 6 aromatic carbocycles. The van der Waals surface area contributed by atoms with Crippen molar-refractivity contribution >= 4 is 0 Å². The summed E-state index contributed by atoms with van der Waals surface area (Å²) in [6.45, 7) is 0. The van der Waals surface area contributed by atoms with Gasteiger partial charge in [-0.1, -0.05) is 60.7 Å². The van der Waals surface area contributed by atoms with E-state index in [4.69, 9.17) is 10.5 Å². The molecule has 0 radical (unpaired) electrons. The minimum Gasteiger partial charge on any atom is -0.206 e. The molecule has 0 aliphatic heterocycles. The minimum atomic E-state index is -0.870. The van der Waals surface area contributed by atoms with E-state index in [2.05, 4.69) is 0 Å². The Bertz CT molecular complexity index is 2040. The third-order valence-corrected chi connectivity index (χ3v) is 7.82. The fourth-order valence-electron chi connectivity index (χ4n) is 5.42. The van der Waals surface area contributed by atoms with Gasteiger partial charge in [0.15, 0.2) is 0 Å². The summed E-state index contributed by atoms with van der Waals surface area (Å²) in [6.07, 6.45) is 0.512. The average Bonchev–Trinajstić information content (AvgIpc) is 3.05. The first-order chi connectivity index (χ1) is 22.6. The zero-order valence-electron chi connectivity index (χ0n) is 24.3. The Morgan fingerprint density at radius 1 is 0.362 bits per heavy atom. The molecule has 47 heavy (non-hydrogen) atoms. The summed E-state index contributed by atoms with van der Waals surface area (Å²) in [4.78, 5) is 0. The smallest absolute Gasteiger partial charge is 0.141 e. The molecule has 0 aromatic heterocycles. The van der Waals surface area contributed by atoms with Crippen molar-refractivity contribution in [3.8, 4) is 56.6 Å². The van der Waals surface area contributed by atoms with E-state index in [9.17, 15) is 8.78 Å². The summed E-state index contributed by atoms with van der Waals surface area (Å²) in [5.41, 5.74) is 2.28. The third-order valence-electron chi connectivity index (χ3n) is 7.82. The number of hydrogen-bond donors (Lipinski definition) is 0. The highest BCUT2D eigenvalue weighted by Gasteiger charge is 2.18. The van der Waals surface area contributed by atoms with Crippen LogP contribution >= 0.6 is 0 Å². The molecule has 0 fully saturated rings. The van der Waals surface area contributed by atoms with E-state index in [1.807, 2.05) is 24.3 Å². The molecule has 228 valence electrons. The van der Waals surface area contributed by atoms with Gasteiger partial charge in [0.25, 0.3) is 0 Å². The fourth-order valence-corrected chi connectivity index (χ4v) is 5.42. The van der Waals surface area contributed by atoms with Crippen LogP contribution in [0.15, 0.2) is 109 Å². The molecule has 6 aromatic rings. The second kappa shape index (κ2) is 12.7. The SMILES string of the molecule is N#Cc1ccc(-c2c(F)cc(-c3ccc(Cc4ccc(-c5cc(F)c(-c6ccc(C#N)c(F)c6)c(F)c5)cc4)cc3)cc2F)cc1F. The Labute approximate surface area is 266 Å². The van der Waals surface area contributed by atoms with Crippen molar-refractivity contribution in [1.29, 1.82) is 10.5 Å². The molecule has 0 aliphatic rings. The lowest BCUT2D eigenvalue weighted by molar-refractivity contribution is 0.588. The molecule has 6 rings (SSSR count). The van der Waals surface area contributed by atoms with Gasteiger partial charge in [0, 0.05) is 0 Å². The zero-order valence-corrected chi connectivity index (χ0v) is 24.3. The normalized spacial score (nSPS) is 10.8. The van der Waals surface area contributed by atoms with Crippen molar-refractivity contribution < 1.29 is 26.3 Å². The van der Waals surface area contributed by atoms with E-state index in [0.717, 1.165) is 23.3 Å². The molecule has 0 aliphatic carbocycles. The Morgan fingerprint density at radius 2 is 0.660 bits per heavy atom. The fraction of sp³-hybridized carbons (Fsp3) is 0.0256. The Hall–Kier alpha value is -6.12. The lowest BCUT2D eigenvalue weighted by Gasteiger charge is -2.11. The van der Waals surface area contributed by atoms with E-state index in [-0.39, 0.29) is 33.4 Å². The van der Waals surface area contributed by atoms with Crippen LogP contribution in [-0.4, -0.2) is 0 Å². The van der Waals surface area contributed by atoms with Crippen LogP contribution < -0.4 is 0 Å². The predicted molar refractivity (Wildman–Crippen MR) is 167 cm³/mol. The van der Waals surface area contributed by atoms with E-state index < -0.39 is 34.9 Å². The molecule has 0 spiro atoms. The highest BCUT2D eigenvalue weighted by molar-refractivity contribution is 5.74. The molecular weight excluding hydrogens is 610 g/mol. The Kier molecular flexibility index (Phi) is 8.35. The van der Waals surface area contributed by atoms with E-state index in [0.29, 0.717) is 28.7 Å². The van der Waals surface area contributed by atoms with Crippen LogP contribution in [0.1, 0.15) is 22.3 Å². The van der Waals surface area contributed by atoms with Crippen molar-refractivity contribution in [2.75, 3.05) is 0 Å². The summed E-state index contributed by atoms with van der Waals surface area (Å²) in [7, 11) is 0. The second-order valence-electron chi connectivity index (χ2n) is 10.8. The molecule has 0 atom stereocenters. The summed E-state index contributed by atoms with van der Waals surface area (Å²) >= 11 is 0.